The number of halogens is 1. The van der Waals surface area contributed by atoms with Crippen LogP contribution >= 0.6 is 0 Å². The zero-order chi connectivity index (χ0) is 23.7. The van der Waals surface area contributed by atoms with Crippen LogP contribution in [0.1, 0.15) is 28.7 Å². The topological polar surface area (TPSA) is 103 Å². The number of piperazine rings is 1. The van der Waals surface area contributed by atoms with Crippen molar-refractivity contribution in [2.45, 2.75) is 18.4 Å². The first-order valence-electron chi connectivity index (χ1n) is 11.5. The minimum absolute atomic E-state index is 0.0274. The highest BCUT2D eigenvalue weighted by Crippen LogP contribution is 2.27. The summed E-state index contributed by atoms with van der Waals surface area (Å²) in [5, 5.41) is 2.83. The molecule has 2 atom stereocenters. The number of hydrogen-bond acceptors (Lipinski definition) is 7. The predicted molar refractivity (Wildman–Crippen MR) is 126 cm³/mol. The fourth-order valence-corrected chi connectivity index (χ4v) is 4.76. The third-order valence-corrected chi connectivity index (χ3v) is 6.66. The lowest BCUT2D eigenvalue weighted by molar-refractivity contribution is 0.00213. The van der Waals surface area contributed by atoms with E-state index in [0.29, 0.717) is 30.2 Å². The van der Waals surface area contributed by atoms with Gasteiger partial charge in [0.1, 0.15) is 17.3 Å². The number of rotatable bonds is 4. The van der Waals surface area contributed by atoms with Gasteiger partial charge in [-0.1, -0.05) is 0 Å². The third-order valence-electron chi connectivity index (χ3n) is 6.66. The summed E-state index contributed by atoms with van der Waals surface area (Å²) in [7, 11) is 1.59. The standard InChI is InChI=1S/C24H27FN6O3/c1-26-24(33)21-5-3-17(12-27-21)30-6-8-31(9-7-30)18-10-15(13-34-14-18)22-28-20-4-2-16(25)11-19(20)23(32)29-22/h2-5,11-12,15,18H,6-10,13-14H2,1H3,(H,26,33)(H,28,29,32)/t15-,18+/m0/s1. The van der Waals surface area contributed by atoms with Crippen molar-refractivity contribution in [2.24, 2.45) is 0 Å². The number of hydrogen-bond donors (Lipinski definition) is 2. The number of anilines is 1. The van der Waals surface area contributed by atoms with E-state index < -0.39 is 5.82 Å². The number of ether oxygens (including phenoxy) is 1. The second kappa shape index (κ2) is 9.47. The van der Waals surface area contributed by atoms with Crippen LogP contribution in [0.5, 0.6) is 0 Å². The average Bonchev–Trinajstić information content (AvgIpc) is 2.89. The van der Waals surface area contributed by atoms with Crippen LogP contribution in [0, 0.1) is 5.82 Å². The molecule has 178 valence electrons. The summed E-state index contributed by atoms with van der Waals surface area (Å²) in [4.78, 5) is 40.6. The maximum absolute atomic E-state index is 13.5. The number of nitrogens with one attached hydrogen (secondary N) is 2. The summed E-state index contributed by atoms with van der Waals surface area (Å²) in [6, 6.07) is 7.97. The zero-order valence-electron chi connectivity index (χ0n) is 19.0. The summed E-state index contributed by atoms with van der Waals surface area (Å²) in [5.74, 6) is -0.0846. The maximum atomic E-state index is 13.5. The van der Waals surface area contributed by atoms with Gasteiger partial charge in [-0.25, -0.2) is 14.4 Å². The van der Waals surface area contributed by atoms with Crippen LogP contribution in [-0.2, 0) is 4.74 Å². The molecule has 2 aliphatic rings. The largest absolute Gasteiger partial charge is 0.379 e. The quantitative estimate of drug-likeness (QED) is 0.601. The molecule has 2 saturated heterocycles. The molecule has 0 saturated carbocycles. The van der Waals surface area contributed by atoms with Gasteiger partial charge in [0.15, 0.2) is 0 Å². The molecule has 1 amide bonds. The Morgan fingerprint density at radius 2 is 2.00 bits per heavy atom. The van der Waals surface area contributed by atoms with Crippen molar-refractivity contribution in [3.63, 3.8) is 0 Å². The monoisotopic (exact) mass is 466 g/mol. The van der Waals surface area contributed by atoms with Crippen LogP contribution in [-0.4, -0.2) is 78.2 Å². The van der Waals surface area contributed by atoms with Gasteiger partial charge in [0.25, 0.3) is 11.5 Å². The highest BCUT2D eigenvalue weighted by Gasteiger charge is 2.32. The average molecular weight is 467 g/mol. The number of aromatic amines is 1. The first kappa shape index (κ1) is 22.4. The van der Waals surface area contributed by atoms with Crippen LogP contribution in [0.4, 0.5) is 10.1 Å². The molecule has 3 aromatic rings. The molecule has 10 heteroatoms. The molecule has 0 spiro atoms. The number of fused-ring (bicyclic) bond motifs is 1. The number of amides is 1. The maximum Gasteiger partial charge on any atom is 0.269 e. The Balaban J connectivity index is 1.23. The SMILES string of the molecule is CNC(=O)c1ccc(N2CCN([C@H]3COC[C@@H](c4nc5ccc(F)cc5c(=O)[nH]4)C3)CC2)cn1. The molecule has 9 nitrogen and oxygen atoms in total. The van der Waals surface area contributed by atoms with Crippen LogP contribution in [0.2, 0.25) is 0 Å². The molecular weight excluding hydrogens is 439 g/mol. The molecule has 0 unspecified atom stereocenters. The molecule has 2 fully saturated rings. The van der Waals surface area contributed by atoms with Crippen LogP contribution in [0.15, 0.2) is 41.3 Å². The van der Waals surface area contributed by atoms with E-state index in [1.807, 2.05) is 6.07 Å². The highest BCUT2D eigenvalue weighted by molar-refractivity contribution is 5.92. The van der Waals surface area contributed by atoms with Gasteiger partial charge in [-0.2, -0.15) is 0 Å². The first-order valence-corrected chi connectivity index (χ1v) is 11.5. The van der Waals surface area contributed by atoms with Gasteiger partial charge in [-0.15, -0.1) is 0 Å². The number of carbonyl (C=O) groups excluding carboxylic acids is 1. The van der Waals surface area contributed by atoms with E-state index in [9.17, 15) is 14.0 Å². The van der Waals surface area contributed by atoms with Crippen molar-refractivity contribution in [2.75, 3.05) is 51.3 Å². The fraction of sp³-hybridized carbons (Fsp3) is 0.417. The number of pyridine rings is 1. The van der Waals surface area contributed by atoms with Gasteiger partial charge in [0.2, 0.25) is 0 Å². The van der Waals surface area contributed by atoms with E-state index >= 15 is 0 Å². The normalized spacial score (nSPS) is 21.5. The van der Waals surface area contributed by atoms with Crippen molar-refractivity contribution < 1.29 is 13.9 Å². The summed E-state index contributed by atoms with van der Waals surface area (Å²) in [6.07, 6.45) is 2.58. The molecule has 0 bridgehead atoms. The smallest absolute Gasteiger partial charge is 0.269 e. The van der Waals surface area contributed by atoms with Crippen LogP contribution in [0.25, 0.3) is 10.9 Å². The Morgan fingerprint density at radius 1 is 1.18 bits per heavy atom. The van der Waals surface area contributed by atoms with E-state index in [0.717, 1.165) is 38.3 Å². The highest BCUT2D eigenvalue weighted by atomic mass is 19.1. The predicted octanol–water partition coefficient (Wildman–Crippen LogP) is 1.51. The van der Waals surface area contributed by atoms with Gasteiger partial charge >= 0.3 is 0 Å². The lowest BCUT2D eigenvalue weighted by atomic mass is 9.96. The number of nitrogens with zero attached hydrogens (tertiary/aromatic N) is 4. The Bertz CT molecular complexity index is 1240. The summed E-state index contributed by atoms with van der Waals surface area (Å²) < 4.78 is 19.4. The molecule has 5 rings (SSSR count). The molecule has 34 heavy (non-hydrogen) atoms. The van der Waals surface area contributed by atoms with E-state index in [-0.39, 0.29) is 28.8 Å². The molecule has 0 aliphatic carbocycles. The Labute approximate surface area is 196 Å². The first-order chi connectivity index (χ1) is 16.5. The van der Waals surface area contributed by atoms with Gasteiger partial charge in [-0.3, -0.25) is 14.5 Å². The third kappa shape index (κ3) is 4.51. The van der Waals surface area contributed by atoms with Crippen molar-refractivity contribution in [1.29, 1.82) is 0 Å². The molecule has 4 heterocycles. The van der Waals surface area contributed by atoms with Crippen molar-refractivity contribution in [3.8, 4) is 0 Å². The molecule has 2 aromatic heterocycles. The Morgan fingerprint density at radius 3 is 2.74 bits per heavy atom. The van der Waals surface area contributed by atoms with Crippen molar-refractivity contribution >= 4 is 22.5 Å². The van der Waals surface area contributed by atoms with Crippen molar-refractivity contribution in [1.82, 2.24) is 25.2 Å². The molecule has 0 radical (unpaired) electrons. The fourth-order valence-electron chi connectivity index (χ4n) is 4.76. The van der Waals surface area contributed by atoms with Gasteiger partial charge in [0.05, 0.1) is 36.0 Å². The lowest BCUT2D eigenvalue weighted by Crippen LogP contribution is -2.53. The minimum atomic E-state index is -0.453. The van der Waals surface area contributed by atoms with Crippen molar-refractivity contribution in [3.05, 3.63) is 64.2 Å². The van der Waals surface area contributed by atoms with Gasteiger partial charge in [-0.05, 0) is 36.8 Å². The summed E-state index contributed by atoms with van der Waals surface area (Å²) in [6.45, 7) is 4.58. The van der Waals surface area contributed by atoms with E-state index in [1.165, 1.54) is 12.1 Å². The van der Waals surface area contributed by atoms with E-state index in [2.05, 4.69) is 30.1 Å². The zero-order valence-corrected chi connectivity index (χ0v) is 19.0. The summed E-state index contributed by atoms with van der Waals surface area (Å²) >= 11 is 0. The number of carbonyl (C=O) groups is 1. The number of benzene rings is 1. The van der Waals surface area contributed by atoms with Crippen LogP contribution in [0.3, 0.4) is 0 Å². The minimum Gasteiger partial charge on any atom is -0.379 e. The van der Waals surface area contributed by atoms with E-state index in [4.69, 9.17) is 4.74 Å². The van der Waals surface area contributed by atoms with E-state index in [1.54, 1.807) is 25.4 Å². The van der Waals surface area contributed by atoms with Crippen LogP contribution < -0.4 is 15.8 Å². The Hall–Kier alpha value is -3.37. The van der Waals surface area contributed by atoms with Gasteiger partial charge in [0, 0.05) is 45.2 Å². The number of aromatic nitrogens is 3. The lowest BCUT2D eigenvalue weighted by Gasteiger charge is -2.42. The molecule has 2 N–H and O–H groups in total. The number of H-pyrrole nitrogens is 1. The second-order valence-corrected chi connectivity index (χ2v) is 8.74. The second-order valence-electron chi connectivity index (χ2n) is 8.74. The van der Waals surface area contributed by atoms with Gasteiger partial charge < -0.3 is 19.9 Å². The molecule has 1 aromatic carbocycles. The Kier molecular flexibility index (Phi) is 6.25. The molecular formula is C24H27FN6O3. The molecule has 2 aliphatic heterocycles. The summed E-state index contributed by atoms with van der Waals surface area (Å²) in [5.41, 5.74) is 1.57.